The summed E-state index contributed by atoms with van der Waals surface area (Å²) in [6.07, 6.45) is 0. The van der Waals surface area contributed by atoms with E-state index >= 15 is 0 Å². The normalized spacial score (nSPS) is 13.0. The molecule has 1 amide bonds. The molecule has 0 fully saturated rings. The number of benzene rings is 3. The molecule has 1 aliphatic heterocycles. The molecule has 178 valence electrons. The molecule has 1 unspecified atom stereocenters. The topological polar surface area (TPSA) is 78.3 Å². The first kappa shape index (κ1) is 23.0. The fraction of sp³-hybridized carbons (Fsp3) is 0.222. The molecule has 0 bridgehead atoms. The van der Waals surface area contributed by atoms with E-state index in [2.05, 4.69) is 65.8 Å². The highest BCUT2D eigenvalue weighted by molar-refractivity contribution is 7.98. The summed E-state index contributed by atoms with van der Waals surface area (Å²) in [7, 11) is 0. The second-order valence-electron chi connectivity index (χ2n) is 8.55. The number of rotatable bonds is 7. The third-order valence-corrected chi connectivity index (χ3v) is 6.77. The van der Waals surface area contributed by atoms with Crippen LogP contribution in [0.25, 0.3) is 5.69 Å². The second-order valence-corrected chi connectivity index (χ2v) is 9.50. The van der Waals surface area contributed by atoms with Gasteiger partial charge in [0, 0.05) is 17.0 Å². The summed E-state index contributed by atoms with van der Waals surface area (Å²) >= 11 is 1.62. The fourth-order valence-electron chi connectivity index (χ4n) is 3.92. The Hall–Kier alpha value is -3.78. The zero-order chi connectivity index (χ0) is 24.4. The Labute approximate surface area is 208 Å². The molecule has 7 nitrogen and oxygen atoms in total. The van der Waals surface area contributed by atoms with E-state index in [1.54, 1.807) is 30.0 Å². The van der Waals surface area contributed by atoms with Gasteiger partial charge >= 0.3 is 0 Å². The van der Waals surface area contributed by atoms with Crippen LogP contribution in [0.5, 0.6) is 11.5 Å². The Bertz CT molecular complexity index is 1370. The maximum Gasteiger partial charge on any atom is 0.252 e. The van der Waals surface area contributed by atoms with E-state index < -0.39 is 0 Å². The predicted octanol–water partition coefficient (Wildman–Crippen LogP) is 5.40. The first-order chi connectivity index (χ1) is 17.0. The summed E-state index contributed by atoms with van der Waals surface area (Å²) in [5.74, 6) is 2.42. The molecule has 5 rings (SSSR count). The Morgan fingerprint density at radius 2 is 1.80 bits per heavy atom. The largest absolute Gasteiger partial charge is 0.454 e. The van der Waals surface area contributed by atoms with Crippen LogP contribution in [0.1, 0.15) is 45.8 Å². The monoisotopic (exact) mass is 486 g/mol. The van der Waals surface area contributed by atoms with Crippen LogP contribution >= 0.6 is 11.8 Å². The van der Waals surface area contributed by atoms with Gasteiger partial charge in [-0.05, 0) is 56.7 Å². The number of hydrogen-bond donors (Lipinski definition) is 1. The van der Waals surface area contributed by atoms with Crippen LogP contribution in [0.4, 0.5) is 0 Å². The standard InChI is InChI=1S/C27H26N4O3S/c1-17-7-10-22(11-8-17)31-25(29-30-27(31)35-15-20-6-4-5-18(2)13-20)19(3)28-26(32)21-9-12-23-24(14-21)34-16-33-23/h4-14,19H,15-16H2,1-3H3,(H,28,32). The number of amides is 1. The first-order valence-corrected chi connectivity index (χ1v) is 12.4. The van der Waals surface area contributed by atoms with Crippen molar-refractivity contribution in [2.24, 2.45) is 0 Å². The van der Waals surface area contributed by atoms with E-state index in [9.17, 15) is 4.79 Å². The number of thioether (sulfide) groups is 1. The van der Waals surface area contributed by atoms with Crippen LogP contribution in [0.3, 0.4) is 0 Å². The number of carbonyl (C=O) groups is 1. The zero-order valence-electron chi connectivity index (χ0n) is 19.8. The minimum atomic E-state index is -0.380. The van der Waals surface area contributed by atoms with Gasteiger partial charge in [-0.1, -0.05) is 59.3 Å². The van der Waals surface area contributed by atoms with E-state index in [0.29, 0.717) is 22.9 Å². The molecule has 2 heterocycles. The van der Waals surface area contributed by atoms with Crippen LogP contribution in [0.2, 0.25) is 0 Å². The van der Waals surface area contributed by atoms with Crippen LogP contribution < -0.4 is 14.8 Å². The molecule has 3 aromatic carbocycles. The highest BCUT2D eigenvalue weighted by Gasteiger charge is 2.23. The molecular weight excluding hydrogens is 460 g/mol. The summed E-state index contributed by atoms with van der Waals surface area (Å²) in [4.78, 5) is 13.0. The van der Waals surface area contributed by atoms with Gasteiger partial charge < -0.3 is 14.8 Å². The van der Waals surface area contributed by atoms with Gasteiger partial charge in [0.15, 0.2) is 22.5 Å². The first-order valence-electron chi connectivity index (χ1n) is 11.4. The molecule has 1 N–H and O–H groups in total. The lowest BCUT2D eigenvalue weighted by molar-refractivity contribution is 0.0937. The Balaban J connectivity index is 1.41. The highest BCUT2D eigenvalue weighted by Crippen LogP contribution is 2.33. The number of nitrogens with zero attached hydrogens (tertiary/aromatic N) is 3. The summed E-state index contributed by atoms with van der Waals surface area (Å²) in [6.45, 7) is 6.22. The molecule has 0 spiro atoms. The van der Waals surface area contributed by atoms with E-state index in [-0.39, 0.29) is 18.7 Å². The number of carbonyl (C=O) groups excluding carboxylic acids is 1. The van der Waals surface area contributed by atoms with Gasteiger partial charge in [0.25, 0.3) is 5.91 Å². The number of ether oxygens (including phenoxy) is 2. The Morgan fingerprint density at radius 1 is 1.00 bits per heavy atom. The van der Waals surface area contributed by atoms with Gasteiger partial charge in [-0.3, -0.25) is 9.36 Å². The van der Waals surface area contributed by atoms with Crippen LogP contribution in [-0.4, -0.2) is 27.5 Å². The van der Waals surface area contributed by atoms with Crippen molar-refractivity contribution in [2.75, 3.05) is 6.79 Å². The van der Waals surface area contributed by atoms with E-state index in [4.69, 9.17) is 9.47 Å². The second kappa shape index (κ2) is 9.84. The smallest absolute Gasteiger partial charge is 0.252 e. The van der Waals surface area contributed by atoms with Crippen LogP contribution in [0, 0.1) is 13.8 Å². The van der Waals surface area contributed by atoms with E-state index in [0.717, 1.165) is 16.6 Å². The molecule has 35 heavy (non-hydrogen) atoms. The van der Waals surface area contributed by atoms with Gasteiger partial charge in [0.2, 0.25) is 6.79 Å². The summed E-state index contributed by atoms with van der Waals surface area (Å²) < 4.78 is 12.8. The maximum atomic E-state index is 13.0. The van der Waals surface area contributed by atoms with Crippen LogP contribution in [-0.2, 0) is 5.75 Å². The highest BCUT2D eigenvalue weighted by atomic mass is 32.2. The van der Waals surface area contributed by atoms with Gasteiger partial charge in [-0.15, -0.1) is 10.2 Å². The molecule has 4 aromatic rings. The summed E-state index contributed by atoms with van der Waals surface area (Å²) in [5.41, 5.74) is 5.06. The molecule has 0 aliphatic carbocycles. The third kappa shape index (κ3) is 5.02. The minimum absolute atomic E-state index is 0.166. The molecular formula is C27H26N4O3S. The maximum absolute atomic E-state index is 13.0. The fourth-order valence-corrected chi connectivity index (χ4v) is 4.83. The number of nitrogens with one attached hydrogen (secondary N) is 1. The molecule has 0 saturated heterocycles. The average molecular weight is 487 g/mol. The van der Waals surface area contributed by atoms with Crippen molar-refractivity contribution in [2.45, 2.75) is 37.7 Å². The van der Waals surface area contributed by atoms with E-state index in [1.165, 1.54) is 16.7 Å². The molecule has 8 heteroatoms. The SMILES string of the molecule is Cc1ccc(-n2c(SCc3cccc(C)c3)nnc2C(C)NC(=O)c2ccc3c(c2)OCO3)cc1. The molecule has 1 atom stereocenters. The Kier molecular flexibility index (Phi) is 6.46. The van der Waals surface area contributed by atoms with Crippen molar-refractivity contribution in [1.29, 1.82) is 0 Å². The molecule has 0 radical (unpaired) electrons. The van der Waals surface area contributed by atoms with Crippen molar-refractivity contribution in [3.8, 4) is 17.2 Å². The van der Waals surface area contributed by atoms with Crippen molar-refractivity contribution >= 4 is 17.7 Å². The number of hydrogen-bond acceptors (Lipinski definition) is 6. The van der Waals surface area contributed by atoms with Gasteiger partial charge in [0.05, 0.1) is 6.04 Å². The van der Waals surface area contributed by atoms with E-state index in [1.807, 2.05) is 23.6 Å². The number of fused-ring (bicyclic) bond motifs is 1. The summed E-state index contributed by atoms with van der Waals surface area (Å²) in [6, 6.07) is 21.4. The van der Waals surface area contributed by atoms with Crippen molar-refractivity contribution in [3.63, 3.8) is 0 Å². The quantitative estimate of drug-likeness (QED) is 0.353. The predicted molar refractivity (Wildman–Crippen MR) is 135 cm³/mol. The number of aryl methyl sites for hydroxylation is 2. The number of aromatic nitrogens is 3. The average Bonchev–Trinajstić information content (AvgIpc) is 3.50. The minimum Gasteiger partial charge on any atom is -0.454 e. The lowest BCUT2D eigenvalue weighted by atomic mass is 10.1. The van der Waals surface area contributed by atoms with Gasteiger partial charge in [-0.25, -0.2) is 0 Å². The van der Waals surface area contributed by atoms with Crippen molar-refractivity contribution < 1.29 is 14.3 Å². The van der Waals surface area contributed by atoms with Crippen molar-refractivity contribution in [3.05, 3.63) is 94.8 Å². The Morgan fingerprint density at radius 3 is 2.60 bits per heavy atom. The third-order valence-electron chi connectivity index (χ3n) is 5.77. The lowest BCUT2D eigenvalue weighted by Crippen LogP contribution is -2.28. The summed E-state index contributed by atoms with van der Waals surface area (Å²) in [5, 5.41) is 12.8. The van der Waals surface area contributed by atoms with Crippen LogP contribution in [0.15, 0.2) is 71.9 Å². The van der Waals surface area contributed by atoms with Gasteiger partial charge in [-0.2, -0.15) is 0 Å². The van der Waals surface area contributed by atoms with Crippen molar-refractivity contribution in [1.82, 2.24) is 20.1 Å². The zero-order valence-corrected chi connectivity index (χ0v) is 20.6. The molecule has 1 aliphatic rings. The molecule has 0 saturated carbocycles. The van der Waals surface area contributed by atoms with Gasteiger partial charge in [0.1, 0.15) is 0 Å². The lowest BCUT2D eigenvalue weighted by Gasteiger charge is -2.17. The molecule has 1 aromatic heterocycles.